The van der Waals surface area contributed by atoms with Crippen molar-refractivity contribution < 1.29 is 19.1 Å². The number of aromatic nitrogens is 1. The molecule has 0 unspecified atom stereocenters. The van der Waals surface area contributed by atoms with Gasteiger partial charge in [-0.1, -0.05) is 0 Å². The van der Waals surface area contributed by atoms with Crippen molar-refractivity contribution in [3.05, 3.63) is 69.4 Å². The molecular formula is C28H30N4O4S. The Kier molecular flexibility index (Phi) is 8.41. The number of aryl methyl sites for hydroxylation is 3. The van der Waals surface area contributed by atoms with Gasteiger partial charge in [-0.2, -0.15) is 5.26 Å². The summed E-state index contributed by atoms with van der Waals surface area (Å²) in [5.74, 6) is 1.28. The predicted octanol–water partition coefficient (Wildman–Crippen LogP) is 4.43. The molecule has 0 aliphatic carbocycles. The number of nitrogens with one attached hydrogen (secondary N) is 1. The lowest BCUT2D eigenvalue weighted by atomic mass is 10.0. The van der Waals surface area contributed by atoms with E-state index in [9.17, 15) is 14.9 Å². The van der Waals surface area contributed by atoms with Crippen molar-refractivity contribution in [2.75, 3.05) is 26.1 Å². The van der Waals surface area contributed by atoms with Crippen molar-refractivity contribution in [2.45, 2.75) is 45.6 Å². The van der Waals surface area contributed by atoms with Crippen LogP contribution in [-0.4, -0.2) is 42.5 Å². The van der Waals surface area contributed by atoms with Crippen LogP contribution >= 0.6 is 11.3 Å². The quantitative estimate of drug-likeness (QED) is 0.449. The highest BCUT2D eigenvalue weighted by molar-refractivity contribution is 7.16. The number of anilines is 1. The number of thiophene rings is 1. The van der Waals surface area contributed by atoms with Crippen molar-refractivity contribution in [2.24, 2.45) is 0 Å². The summed E-state index contributed by atoms with van der Waals surface area (Å²) in [6, 6.07) is 11.7. The molecule has 3 heterocycles. The minimum absolute atomic E-state index is 0.0682. The summed E-state index contributed by atoms with van der Waals surface area (Å²) in [5, 5.41) is 13.3. The van der Waals surface area contributed by atoms with E-state index in [0.717, 1.165) is 27.3 Å². The lowest BCUT2D eigenvalue weighted by Gasteiger charge is -2.27. The van der Waals surface area contributed by atoms with Crippen LogP contribution in [0.5, 0.6) is 11.5 Å². The van der Waals surface area contributed by atoms with Gasteiger partial charge in [0.1, 0.15) is 22.6 Å². The van der Waals surface area contributed by atoms with Gasteiger partial charge in [-0.05, 0) is 73.2 Å². The summed E-state index contributed by atoms with van der Waals surface area (Å²) in [4.78, 5) is 32.8. The van der Waals surface area contributed by atoms with E-state index in [-0.39, 0.29) is 18.2 Å². The first kappa shape index (κ1) is 26.2. The van der Waals surface area contributed by atoms with Gasteiger partial charge in [-0.15, -0.1) is 11.3 Å². The van der Waals surface area contributed by atoms with E-state index in [4.69, 9.17) is 9.47 Å². The fourth-order valence-electron chi connectivity index (χ4n) is 4.47. The van der Waals surface area contributed by atoms with E-state index in [1.54, 1.807) is 20.4 Å². The smallest absolute Gasteiger partial charge is 0.225 e. The van der Waals surface area contributed by atoms with Crippen LogP contribution in [0.15, 0.2) is 36.5 Å². The highest BCUT2D eigenvalue weighted by Gasteiger charge is 2.27. The standard InChI is InChI=1S/C28H30N4O4S/c1-18-10-12-30-20(14-18)5-9-27(34)32-13-11-22-23(16-29)28(37-25(22)17-32)31-26(33)8-4-19-15-21(35-2)6-7-24(19)36-3/h6-7,10,12,14-15H,4-5,8-9,11,13,17H2,1-3H3,(H,31,33). The number of pyridine rings is 1. The topological polar surface area (TPSA) is 105 Å². The summed E-state index contributed by atoms with van der Waals surface area (Å²) in [5.41, 5.74) is 4.34. The van der Waals surface area contributed by atoms with E-state index < -0.39 is 0 Å². The fraction of sp³-hybridized carbons (Fsp3) is 0.357. The molecule has 0 bridgehead atoms. The Balaban J connectivity index is 1.38. The summed E-state index contributed by atoms with van der Waals surface area (Å²) in [6.07, 6.45) is 4.04. The molecule has 8 nitrogen and oxygen atoms in total. The molecule has 0 radical (unpaired) electrons. The fourth-order valence-corrected chi connectivity index (χ4v) is 5.70. The predicted molar refractivity (Wildman–Crippen MR) is 142 cm³/mol. The second kappa shape index (κ2) is 11.9. The monoisotopic (exact) mass is 518 g/mol. The number of hydrogen-bond donors (Lipinski definition) is 1. The Morgan fingerprint density at radius 3 is 2.73 bits per heavy atom. The maximum Gasteiger partial charge on any atom is 0.225 e. The minimum Gasteiger partial charge on any atom is -0.497 e. The third-order valence-corrected chi connectivity index (χ3v) is 7.58. The summed E-state index contributed by atoms with van der Waals surface area (Å²) < 4.78 is 10.7. The largest absolute Gasteiger partial charge is 0.497 e. The van der Waals surface area contributed by atoms with Crippen LogP contribution in [0.25, 0.3) is 0 Å². The van der Waals surface area contributed by atoms with Gasteiger partial charge in [0.2, 0.25) is 11.8 Å². The van der Waals surface area contributed by atoms with Crippen molar-refractivity contribution in [1.82, 2.24) is 9.88 Å². The number of methoxy groups -OCH3 is 2. The maximum atomic E-state index is 12.9. The molecule has 1 aliphatic rings. The van der Waals surface area contributed by atoms with Crippen LogP contribution in [0, 0.1) is 18.3 Å². The molecule has 4 rings (SSSR count). The van der Waals surface area contributed by atoms with E-state index >= 15 is 0 Å². The zero-order chi connectivity index (χ0) is 26.4. The SMILES string of the molecule is COc1ccc(OC)c(CCC(=O)Nc2sc3c(c2C#N)CCN(C(=O)CCc2cc(C)ccn2)C3)c1. The molecule has 192 valence electrons. The van der Waals surface area contributed by atoms with Crippen LogP contribution in [0.2, 0.25) is 0 Å². The number of fused-ring (bicyclic) bond motifs is 1. The van der Waals surface area contributed by atoms with E-state index in [1.807, 2.05) is 42.2 Å². The number of carbonyl (C=O) groups is 2. The number of nitrogens with zero attached hydrogens (tertiary/aromatic N) is 3. The molecule has 0 saturated carbocycles. The van der Waals surface area contributed by atoms with Gasteiger partial charge < -0.3 is 19.7 Å². The van der Waals surface area contributed by atoms with Gasteiger partial charge >= 0.3 is 0 Å². The van der Waals surface area contributed by atoms with Gasteiger partial charge in [-0.3, -0.25) is 14.6 Å². The Labute approximate surface area is 220 Å². The molecule has 1 aliphatic heterocycles. The van der Waals surface area contributed by atoms with E-state index in [2.05, 4.69) is 16.4 Å². The number of amides is 2. The van der Waals surface area contributed by atoms with Crippen molar-refractivity contribution in [1.29, 1.82) is 5.26 Å². The molecular weight excluding hydrogens is 488 g/mol. The molecule has 2 aromatic heterocycles. The average Bonchev–Trinajstić information content (AvgIpc) is 3.26. The number of benzene rings is 1. The number of nitriles is 1. The summed E-state index contributed by atoms with van der Waals surface area (Å²) >= 11 is 1.38. The number of ether oxygens (including phenoxy) is 2. The van der Waals surface area contributed by atoms with Gasteiger partial charge in [-0.25, -0.2) is 0 Å². The lowest BCUT2D eigenvalue weighted by Crippen LogP contribution is -2.35. The summed E-state index contributed by atoms with van der Waals surface area (Å²) in [7, 11) is 3.19. The number of hydrogen-bond acceptors (Lipinski definition) is 7. The molecule has 9 heteroatoms. The first-order valence-electron chi connectivity index (χ1n) is 12.2. The van der Waals surface area contributed by atoms with Crippen LogP contribution in [0.3, 0.4) is 0 Å². The maximum absolute atomic E-state index is 12.9. The third-order valence-electron chi connectivity index (χ3n) is 6.45. The van der Waals surface area contributed by atoms with E-state index in [0.29, 0.717) is 60.8 Å². The lowest BCUT2D eigenvalue weighted by molar-refractivity contribution is -0.132. The normalized spacial score (nSPS) is 12.4. The molecule has 2 amide bonds. The molecule has 3 aromatic rings. The van der Waals surface area contributed by atoms with Crippen molar-refractivity contribution in [3.63, 3.8) is 0 Å². The first-order chi connectivity index (χ1) is 17.9. The molecule has 37 heavy (non-hydrogen) atoms. The van der Waals surface area contributed by atoms with Gasteiger partial charge in [0.15, 0.2) is 0 Å². The van der Waals surface area contributed by atoms with Crippen LogP contribution in [0.1, 0.15) is 45.7 Å². The molecule has 1 N–H and O–H groups in total. The number of carbonyl (C=O) groups excluding carboxylic acids is 2. The zero-order valence-corrected chi connectivity index (χ0v) is 22.1. The highest BCUT2D eigenvalue weighted by Crippen LogP contribution is 2.37. The van der Waals surface area contributed by atoms with Crippen LogP contribution in [-0.2, 0) is 35.4 Å². The Hall–Kier alpha value is -3.90. The molecule has 1 aromatic carbocycles. The Bertz CT molecular complexity index is 1340. The highest BCUT2D eigenvalue weighted by atomic mass is 32.1. The van der Waals surface area contributed by atoms with Crippen LogP contribution in [0.4, 0.5) is 5.00 Å². The van der Waals surface area contributed by atoms with Crippen LogP contribution < -0.4 is 14.8 Å². The summed E-state index contributed by atoms with van der Waals surface area (Å²) in [6.45, 7) is 3.02. The third kappa shape index (κ3) is 6.27. The van der Waals surface area contributed by atoms with Crippen molar-refractivity contribution >= 4 is 28.2 Å². The zero-order valence-electron chi connectivity index (χ0n) is 21.3. The van der Waals surface area contributed by atoms with Crippen molar-refractivity contribution in [3.8, 4) is 17.6 Å². The molecule has 0 atom stereocenters. The molecule has 0 saturated heterocycles. The molecule has 0 fully saturated rings. The number of rotatable bonds is 9. The molecule has 0 spiro atoms. The average molecular weight is 519 g/mol. The van der Waals surface area contributed by atoms with Gasteiger partial charge in [0, 0.05) is 36.2 Å². The Morgan fingerprint density at radius 1 is 1.16 bits per heavy atom. The first-order valence-corrected chi connectivity index (χ1v) is 13.0. The van der Waals surface area contributed by atoms with E-state index in [1.165, 1.54) is 11.3 Å². The minimum atomic E-state index is -0.182. The second-order valence-electron chi connectivity index (χ2n) is 8.94. The van der Waals surface area contributed by atoms with Gasteiger partial charge in [0.05, 0.1) is 26.3 Å². The second-order valence-corrected chi connectivity index (χ2v) is 10.0. The Morgan fingerprint density at radius 2 is 2.00 bits per heavy atom. The van der Waals surface area contributed by atoms with Gasteiger partial charge in [0.25, 0.3) is 0 Å².